The Morgan fingerprint density at radius 3 is 2.37 bits per heavy atom. The zero-order chi connectivity index (χ0) is 13.8. The van der Waals surface area contributed by atoms with E-state index in [0.29, 0.717) is 22.7 Å². The zero-order valence-electron chi connectivity index (χ0n) is 11.2. The highest BCUT2D eigenvalue weighted by Gasteiger charge is 2.09. The van der Waals surface area contributed by atoms with Crippen molar-refractivity contribution >= 4 is 23.5 Å². The number of halogens is 1. The topological polar surface area (TPSA) is 53.9 Å². The molecule has 6 heteroatoms. The van der Waals surface area contributed by atoms with E-state index in [-0.39, 0.29) is 0 Å². The Kier molecular flexibility index (Phi) is 4.16. The summed E-state index contributed by atoms with van der Waals surface area (Å²) in [6.07, 6.45) is 0. The highest BCUT2D eigenvalue weighted by atomic mass is 35.5. The lowest BCUT2D eigenvalue weighted by atomic mass is 10.2. The minimum atomic E-state index is 0.575. The molecule has 5 nitrogen and oxygen atoms in total. The molecule has 0 atom stereocenters. The standard InChI is InChI=1S/C13H16ClN5/c1-4-15-12-16-11(17-13(18-12)19(2)3)9-5-7-10(14)8-6-9/h5-8H,4H2,1-3H3,(H,15,16,17,18). The van der Waals surface area contributed by atoms with Crippen LogP contribution in [0.2, 0.25) is 5.02 Å². The normalized spacial score (nSPS) is 10.3. The molecule has 0 unspecified atom stereocenters. The number of aromatic nitrogens is 3. The Balaban J connectivity index is 2.46. The third kappa shape index (κ3) is 3.32. The Labute approximate surface area is 117 Å². The molecule has 0 amide bonds. The average molecular weight is 278 g/mol. The number of nitrogens with one attached hydrogen (secondary N) is 1. The number of hydrogen-bond donors (Lipinski definition) is 1. The highest BCUT2D eigenvalue weighted by Crippen LogP contribution is 2.20. The first-order chi connectivity index (χ1) is 9.10. The molecule has 0 spiro atoms. The van der Waals surface area contributed by atoms with Gasteiger partial charge in [0.05, 0.1) is 0 Å². The number of anilines is 2. The molecule has 0 saturated carbocycles. The van der Waals surface area contributed by atoms with Gasteiger partial charge >= 0.3 is 0 Å². The van der Waals surface area contributed by atoms with Gasteiger partial charge in [0.25, 0.3) is 0 Å². The van der Waals surface area contributed by atoms with Crippen molar-refractivity contribution in [1.29, 1.82) is 0 Å². The van der Waals surface area contributed by atoms with Gasteiger partial charge in [0.15, 0.2) is 5.82 Å². The second kappa shape index (κ2) is 5.84. The number of rotatable bonds is 4. The Morgan fingerprint density at radius 1 is 1.11 bits per heavy atom. The van der Waals surface area contributed by atoms with Gasteiger partial charge in [-0.25, -0.2) is 0 Å². The third-order valence-electron chi connectivity index (χ3n) is 2.46. The van der Waals surface area contributed by atoms with Crippen LogP contribution in [0, 0.1) is 0 Å². The van der Waals surface area contributed by atoms with E-state index in [0.717, 1.165) is 12.1 Å². The van der Waals surface area contributed by atoms with Crippen molar-refractivity contribution in [1.82, 2.24) is 15.0 Å². The molecule has 100 valence electrons. The zero-order valence-corrected chi connectivity index (χ0v) is 11.9. The molecule has 1 N–H and O–H groups in total. The lowest BCUT2D eigenvalue weighted by Gasteiger charge is -2.13. The van der Waals surface area contributed by atoms with Gasteiger partial charge in [0.1, 0.15) is 0 Å². The first-order valence-electron chi connectivity index (χ1n) is 6.03. The van der Waals surface area contributed by atoms with E-state index in [9.17, 15) is 0 Å². The van der Waals surface area contributed by atoms with Crippen molar-refractivity contribution in [2.75, 3.05) is 30.9 Å². The molecule has 1 aromatic heterocycles. The highest BCUT2D eigenvalue weighted by molar-refractivity contribution is 6.30. The van der Waals surface area contributed by atoms with E-state index in [1.165, 1.54) is 0 Å². The molecule has 2 rings (SSSR count). The van der Waals surface area contributed by atoms with E-state index < -0.39 is 0 Å². The molecule has 0 aliphatic heterocycles. The van der Waals surface area contributed by atoms with Gasteiger partial charge in [-0.2, -0.15) is 15.0 Å². The molecule has 0 aliphatic rings. The van der Waals surface area contributed by atoms with Gasteiger partial charge in [0.2, 0.25) is 11.9 Å². The lowest BCUT2D eigenvalue weighted by Crippen LogP contribution is -2.15. The van der Waals surface area contributed by atoms with Gasteiger partial charge in [-0.15, -0.1) is 0 Å². The van der Waals surface area contributed by atoms with E-state index in [1.54, 1.807) is 0 Å². The largest absolute Gasteiger partial charge is 0.354 e. The fraction of sp³-hybridized carbons (Fsp3) is 0.308. The number of benzene rings is 1. The predicted octanol–water partition coefficient (Wildman–Crippen LogP) is 2.69. The molecular weight excluding hydrogens is 262 g/mol. The van der Waals surface area contributed by atoms with Crippen LogP contribution in [-0.2, 0) is 0 Å². The summed E-state index contributed by atoms with van der Waals surface area (Å²) in [4.78, 5) is 15.0. The fourth-order valence-corrected chi connectivity index (χ4v) is 1.66. The van der Waals surface area contributed by atoms with Crippen LogP contribution in [0.1, 0.15) is 6.92 Å². The molecule has 0 fully saturated rings. The molecule has 1 aromatic carbocycles. The monoisotopic (exact) mass is 277 g/mol. The van der Waals surface area contributed by atoms with Crippen LogP contribution < -0.4 is 10.2 Å². The van der Waals surface area contributed by atoms with Gasteiger partial charge < -0.3 is 10.2 Å². The molecule has 0 bridgehead atoms. The maximum atomic E-state index is 5.89. The van der Waals surface area contributed by atoms with Crippen LogP contribution in [0.25, 0.3) is 11.4 Å². The smallest absolute Gasteiger partial charge is 0.230 e. The summed E-state index contributed by atoms with van der Waals surface area (Å²) < 4.78 is 0. The molecule has 2 aromatic rings. The molecule has 0 saturated heterocycles. The van der Waals surface area contributed by atoms with Crippen LogP contribution >= 0.6 is 11.6 Å². The Morgan fingerprint density at radius 2 is 1.79 bits per heavy atom. The Bertz CT molecular complexity index is 553. The van der Waals surface area contributed by atoms with E-state index in [4.69, 9.17) is 11.6 Å². The van der Waals surface area contributed by atoms with E-state index in [1.807, 2.05) is 50.2 Å². The third-order valence-corrected chi connectivity index (χ3v) is 2.71. The molecule has 0 radical (unpaired) electrons. The van der Waals surface area contributed by atoms with Crippen LogP contribution in [-0.4, -0.2) is 35.6 Å². The number of nitrogens with zero attached hydrogens (tertiary/aromatic N) is 4. The first-order valence-corrected chi connectivity index (χ1v) is 6.41. The van der Waals surface area contributed by atoms with Crippen molar-refractivity contribution in [3.63, 3.8) is 0 Å². The van der Waals surface area contributed by atoms with Crippen LogP contribution in [0.15, 0.2) is 24.3 Å². The summed E-state index contributed by atoms with van der Waals surface area (Å²) in [5, 5.41) is 3.80. The maximum Gasteiger partial charge on any atom is 0.230 e. The summed E-state index contributed by atoms with van der Waals surface area (Å²) in [6.45, 7) is 2.76. The fourth-order valence-electron chi connectivity index (χ4n) is 1.53. The quantitative estimate of drug-likeness (QED) is 0.931. The van der Waals surface area contributed by atoms with Crippen molar-refractivity contribution in [3.05, 3.63) is 29.3 Å². The molecule has 19 heavy (non-hydrogen) atoms. The summed E-state index contributed by atoms with van der Waals surface area (Å²) in [6, 6.07) is 7.44. The van der Waals surface area contributed by atoms with Gasteiger partial charge in [-0.1, -0.05) is 11.6 Å². The van der Waals surface area contributed by atoms with Crippen LogP contribution in [0.5, 0.6) is 0 Å². The number of hydrogen-bond acceptors (Lipinski definition) is 5. The summed E-state index contributed by atoms with van der Waals surface area (Å²) >= 11 is 5.89. The second-order valence-corrected chi connectivity index (χ2v) is 4.65. The van der Waals surface area contributed by atoms with E-state index in [2.05, 4.69) is 20.3 Å². The van der Waals surface area contributed by atoms with Crippen LogP contribution in [0.3, 0.4) is 0 Å². The van der Waals surface area contributed by atoms with Gasteiger partial charge in [-0.05, 0) is 31.2 Å². The second-order valence-electron chi connectivity index (χ2n) is 4.21. The summed E-state index contributed by atoms with van der Waals surface area (Å²) in [7, 11) is 3.80. The van der Waals surface area contributed by atoms with Gasteiger partial charge in [0, 0.05) is 31.2 Å². The predicted molar refractivity (Wildman–Crippen MR) is 78.8 cm³/mol. The minimum Gasteiger partial charge on any atom is -0.354 e. The summed E-state index contributed by atoms with van der Waals surface area (Å²) in [5.74, 6) is 1.83. The first kappa shape index (κ1) is 13.5. The Hall–Kier alpha value is -1.88. The molecule has 1 heterocycles. The SMILES string of the molecule is CCNc1nc(-c2ccc(Cl)cc2)nc(N(C)C)n1. The van der Waals surface area contributed by atoms with Crippen molar-refractivity contribution in [2.24, 2.45) is 0 Å². The van der Waals surface area contributed by atoms with Crippen LogP contribution in [0.4, 0.5) is 11.9 Å². The van der Waals surface area contributed by atoms with Crippen molar-refractivity contribution in [3.8, 4) is 11.4 Å². The molecule has 0 aliphatic carbocycles. The summed E-state index contributed by atoms with van der Waals surface area (Å²) in [5.41, 5.74) is 0.911. The maximum absolute atomic E-state index is 5.89. The molecular formula is C13H16ClN5. The average Bonchev–Trinajstić information content (AvgIpc) is 2.39. The van der Waals surface area contributed by atoms with E-state index >= 15 is 0 Å². The van der Waals surface area contributed by atoms with Crippen molar-refractivity contribution in [2.45, 2.75) is 6.92 Å². The minimum absolute atomic E-state index is 0.575. The van der Waals surface area contributed by atoms with Crippen molar-refractivity contribution < 1.29 is 0 Å². The lowest BCUT2D eigenvalue weighted by molar-refractivity contribution is 0.953. The van der Waals surface area contributed by atoms with Gasteiger partial charge in [-0.3, -0.25) is 0 Å².